The van der Waals surface area contributed by atoms with E-state index in [2.05, 4.69) is 5.43 Å². The first-order valence-electron chi connectivity index (χ1n) is 5.14. The van der Waals surface area contributed by atoms with E-state index >= 15 is 0 Å². The molecule has 8 heteroatoms. The van der Waals surface area contributed by atoms with Crippen LogP contribution < -0.4 is 11.3 Å². The number of non-ortho nitro benzene ring substituents is 1. The number of nitro groups is 1. The van der Waals surface area contributed by atoms with Gasteiger partial charge in [0, 0.05) is 18.7 Å². The number of rotatable bonds is 6. The molecular formula is C10H14F2N4O2. The van der Waals surface area contributed by atoms with Crippen molar-refractivity contribution in [2.75, 3.05) is 19.0 Å². The fourth-order valence-corrected chi connectivity index (χ4v) is 1.56. The van der Waals surface area contributed by atoms with E-state index in [4.69, 9.17) is 5.84 Å². The molecule has 100 valence electrons. The van der Waals surface area contributed by atoms with Crippen LogP contribution in [0.4, 0.5) is 20.2 Å². The molecule has 1 aromatic rings. The summed E-state index contributed by atoms with van der Waals surface area (Å²) in [6.45, 7) is -0.266. The van der Waals surface area contributed by atoms with Gasteiger partial charge >= 0.3 is 0 Å². The maximum Gasteiger partial charge on any atom is 0.269 e. The van der Waals surface area contributed by atoms with Crippen molar-refractivity contribution < 1.29 is 13.7 Å². The summed E-state index contributed by atoms with van der Waals surface area (Å²) in [7, 11) is 1.51. The van der Waals surface area contributed by atoms with Gasteiger partial charge in [0.15, 0.2) is 0 Å². The lowest BCUT2D eigenvalue weighted by Gasteiger charge is -2.17. The van der Waals surface area contributed by atoms with Crippen LogP contribution in [0.3, 0.4) is 0 Å². The Kier molecular flexibility index (Phi) is 4.93. The molecule has 0 unspecified atom stereocenters. The van der Waals surface area contributed by atoms with Crippen molar-refractivity contribution in [2.24, 2.45) is 5.84 Å². The third-order valence-electron chi connectivity index (χ3n) is 2.35. The van der Waals surface area contributed by atoms with Crippen LogP contribution in [0.5, 0.6) is 0 Å². The van der Waals surface area contributed by atoms with Crippen LogP contribution in [0.1, 0.15) is 5.56 Å². The summed E-state index contributed by atoms with van der Waals surface area (Å²) in [5.74, 6) is 5.27. The smallest absolute Gasteiger partial charge is 0.269 e. The Morgan fingerprint density at radius 3 is 2.72 bits per heavy atom. The fraction of sp³-hybridized carbons (Fsp3) is 0.400. The molecule has 0 saturated heterocycles. The lowest BCUT2D eigenvalue weighted by molar-refractivity contribution is -0.384. The second-order valence-electron chi connectivity index (χ2n) is 3.83. The Morgan fingerprint density at radius 1 is 1.56 bits per heavy atom. The third kappa shape index (κ3) is 3.90. The van der Waals surface area contributed by atoms with Gasteiger partial charge in [-0.3, -0.25) is 20.9 Å². The molecule has 0 spiro atoms. The molecule has 1 rings (SSSR count). The molecule has 0 aliphatic rings. The molecule has 6 nitrogen and oxygen atoms in total. The van der Waals surface area contributed by atoms with Crippen molar-refractivity contribution in [1.29, 1.82) is 0 Å². The highest BCUT2D eigenvalue weighted by molar-refractivity contribution is 5.55. The van der Waals surface area contributed by atoms with Crippen molar-refractivity contribution in [1.82, 2.24) is 4.90 Å². The molecule has 0 fully saturated rings. The van der Waals surface area contributed by atoms with E-state index < -0.39 is 17.9 Å². The van der Waals surface area contributed by atoms with Crippen LogP contribution in [0.25, 0.3) is 0 Å². The van der Waals surface area contributed by atoms with Crippen LogP contribution >= 0.6 is 0 Å². The molecule has 0 saturated carbocycles. The van der Waals surface area contributed by atoms with Crippen molar-refractivity contribution in [3.63, 3.8) is 0 Å². The number of nitrogen functional groups attached to an aromatic ring is 1. The Hall–Kier alpha value is -1.80. The number of nitrogens with two attached hydrogens (primary N) is 1. The quantitative estimate of drug-likeness (QED) is 0.461. The van der Waals surface area contributed by atoms with Gasteiger partial charge in [0.25, 0.3) is 12.1 Å². The van der Waals surface area contributed by atoms with Crippen LogP contribution in [-0.2, 0) is 6.54 Å². The number of hydrazine groups is 1. The second-order valence-corrected chi connectivity index (χ2v) is 3.83. The summed E-state index contributed by atoms with van der Waals surface area (Å²) in [6.07, 6.45) is -2.46. The van der Waals surface area contributed by atoms with Gasteiger partial charge in [-0.15, -0.1) is 0 Å². The summed E-state index contributed by atoms with van der Waals surface area (Å²) in [6, 6.07) is 4.06. The summed E-state index contributed by atoms with van der Waals surface area (Å²) >= 11 is 0. The molecule has 1 aromatic carbocycles. The number of nitrogens with zero attached hydrogens (tertiary/aromatic N) is 2. The Balaban J connectivity index is 2.90. The van der Waals surface area contributed by atoms with Gasteiger partial charge in [-0.2, -0.15) is 0 Å². The Morgan fingerprint density at radius 2 is 2.22 bits per heavy atom. The molecule has 0 radical (unpaired) electrons. The summed E-state index contributed by atoms with van der Waals surface area (Å²) < 4.78 is 24.4. The van der Waals surface area contributed by atoms with Crippen LogP contribution in [0.15, 0.2) is 18.2 Å². The summed E-state index contributed by atoms with van der Waals surface area (Å²) in [5.41, 5.74) is 3.25. The van der Waals surface area contributed by atoms with Crippen LogP contribution in [0.2, 0.25) is 0 Å². The van der Waals surface area contributed by atoms with Gasteiger partial charge < -0.3 is 5.43 Å². The Labute approximate surface area is 102 Å². The predicted octanol–water partition coefficient (Wildman–Crippen LogP) is 1.58. The van der Waals surface area contributed by atoms with Crippen molar-refractivity contribution in [2.45, 2.75) is 13.0 Å². The van der Waals surface area contributed by atoms with Gasteiger partial charge in [-0.25, -0.2) is 8.78 Å². The van der Waals surface area contributed by atoms with Crippen molar-refractivity contribution in [3.05, 3.63) is 33.9 Å². The second kappa shape index (κ2) is 6.22. The highest BCUT2D eigenvalue weighted by Gasteiger charge is 2.14. The molecule has 0 aliphatic carbocycles. The van der Waals surface area contributed by atoms with Gasteiger partial charge in [-0.05, 0) is 18.7 Å². The van der Waals surface area contributed by atoms with E-state index in [0.29, 0.717) is 11.3 Å². The number of halogens is 2. The molecule has 0 bridgehead atoms. The molecule has 0 amide bonds. The summed E-state index contributed by atoms with van der Waals surface area (Å²) in [5, 5.41) is 10.6. The number of benzene rings is 1. The molecule has 3 N–H and O–H groups in total. The highest BCUT2D eigenvalue weighted by Crippen LogP contribution is 2.22. The number of nitrogens with one attached hydrogen (secondary N) is 1. The maximum absolute atomic E-state index is 12.2. The van der Waals surface area contributed by atoms with E-state index in [1.807, 2.05) is 0 Å². The Bertz CT molecular complexity index is 428. The summed E-state index contributed by atoms with van der Waals surface area (Å²) in [4.78, 5) is 11.5. The molecule has 18 heavy (non-hydrogen) atoms. The van der Waals surface area contributed by atoms with Crippen molar-refractivity contribution in [3.8, 4) is 0 Å². The minimum atomic E-state index is -2.46. The average Bonchev–Trinajstić information content (AvgIpc) is 2.27. The fourth-order valence-electron chi connectivity index (χ4n) is 1.56. The van der Waals surface area contributed by atoms with Crippen molar-refractivity contribution >= 4 is 11.4 Å². The van der Waals surface area contributed by atoms with Crippen LogP contribution in [-0.4, -0.2) is 29.8 Å². The van der Waals surface area contributed by atoms with E-state index in [0.717, 1.165) is 0 Å². The SMILES string of the molecule is CN(Cc1cc([N+](=O)[O-])ccc1NN)CC(F)F. The first-order chi connectivity index (χ1) is 8.43. The minimum Gasteiger partial charge on any atom is -0.324 e. The molecule has 0 atom stereocenters. The van der Waals surface area contributed by atoms with Crippen LogP contribution in [0, 0.1) is 10.1 Å². The van der Waals surface area contributed by atoms with Gasteiger partial charge in [-0.1, -0.05) is 0 Å². The van der Waals surface area contributed by atoms with Gasteiger partial charge in [0.2, 0.25) is 0 Å². The van der Waals surface area contributed by atoms with E-state index in [1.165, 1.54) is 30.1 Å². The molecular weight excluding hydrogens is 246 g/mol. The van der Waals surface area contributed by atoms with Gasteiger partial charge in [0.05, 0.1) is 17.2 Å². The number of anilines is 1. The average molecular weight is 260 g/mol. The van der Waals surface area contributed by atoms with E-state index in [9.17, 15) is 18.9 Å². The maximum atomic E-state index is 12.2. The zero-order valence-electron chi connectivity index (χ0n) is 9.77. The number of alkyl halides is 2. The number of nitro benzene ring substituents is 1. The monoisotopic (exact) mass is 260 g/mol. The largest absolute Gasteiger partial charge is 0.324 e. The number of hydrogen-bond acceptors (Lipinski definition) is 5. The lowest BCUT2D eigenvalue weighted by atomic mass is 10.1. The van der Waals surface area contributed by atoms with Gasteiger partial charge in [0.1, 0.15) is 0 Å². The highest BCUT2D eigenvalue weighted by atomic mass is 19.3. The third-order valence-corrected chi connectivity index (χ3v) is 2.35. The van der Waals surface area contributed by atoms with E-state index in [-0.39, 0.29) is 12.2 Å². The lowest BCUT2D eigenvalue weighted by Crippen LogP contribution is -2.25. The van der Waals surface area contributed by atoms with E-state index in [1.54, 1.807) is 0 Å². The predicted molar refractivity (Wildman–Crippen MR) is 63.2 cm³/mol. The number of hydrogen-bond donors (Lipinski definition) is 2. The molecule has 0 heterocycles. The molecule has 0 aromatic heterocycles. The molecule has 0 aliphatic heterocycles. The first-order valence-corrected chi connectivity index (χ1v) is 5.14. The first kappa shape index (κ1) is 14.3. The topological polar surface area (TPSA) is 84.4 Å². The zero-order valence-corrected chi connectivity index (χ0v) is 9.77. The normalized spacial score (nSPS) is 11.0. The minimum absolute atomic E-state index is 0.102. The zero-order chi connectivity index (χ0) is 13.7. The standard InChI is InChI=1S/C10H14F2N4O2/c1-15(6-10(11)12)5-7-4-8(16(17)18)2-3-9(7)14-13/h2-4,10,14H,5-6,13H2,1H3.